The van der Waals surface area contributed by atoms with Crippen molar-refractivity contribution in [3.8, 4) is 5.75 Å². The van der Waals surface area contributed by atoms with E-state index >= 15 is 0 Å². The summed E-state index contributed by atoms with van der Waals surface area (Å²) in [6.07, 6.45) is 0.446. The number of ketones is 1. The summed E-state index contributed by atoms with van der Waals surface area (Å²) >= 11 is 0. The molecule has 0 amide bonds. The van der Waals surface area contributed by atoms with Gasteiger partial charge in [-0.1, -0.05) is 19.1 Å². The molecule has 0 heterocycles. The smallest absolute Gasteiger partial charge is 0.166 e. The van der Waals surface area contributed by atoms with Crippen molar-refractivity contribution in [2.24, 2.45) is 11.7 Å². The van der Waals surface area contributed by atoms with Gasteiger partial charge in [0.2, 0.25) is 0 Å². The molecule has 0 aliphatic rings. The minimum absolute atomic E-state index is 0.0703. The summed E-state index contributed by atoms with van der Waals surface area (Å²) in [6, 6.07) is 7.28. The fourth-order valence-electron chi connectivity index (χ4n) is 1.57. The van der Waals surface area contributed by atoms with Crippen molar-refractivity contribution in [3.05, 3.63) is 29.8 Å². The highest BCUT2D eigenvalue weighted by molar-refractivity contribution is 5.98. The molecule has 0 fully saturated rings. The predicted octanol–water partition coefficient (Wildman–Crippen LogP) is 1.88. The highest BCUT2D eigenvalue weighted by Gasteiger charge is 2.14. The van der Waals surface area contributed by atoms with E-state index in [9.17, 15) is 4.79 Å². The molecular weight excluding hydrogens is 230 g/mol. The van der Waals surface area contributed by atoms with E-state index in [0.29, 0.717) is 37.5 Å². The first kappa shape index (κ1) is 14.7. The van der Waals surface area contributed by atoms with Gasteiger partial charge in [0.25, 0.3) is 0 Å². The van der Waals surface area contributed by atoms with Crippen molar-refractivity contribution in [1.82, 2.24) is 0 Å². The number of ether oxygens (including phenoxy) is 2. The van der Waals surface area contributed by atoms with Crippen LogP contribution < -0.4 is 10.5 Å². The number of benzene rings is 1. The molecule has 0 spiro atoms. The molecule has 4 nitrogen and oxygen atoms in total. The van der Waals surface area contributed by atoms with Gasteiger partial charge in [-0.05, 0) is 24.6 Å². The molecule has 2 N–H and O–H groups in total. The summed E-state index contributed by atoms with van der Waals surface area (Å²) in [4.78, 5) is 12.1. The highest BCUT2D eigenvalue weighted by Crippen LogP contribution is 2.21. The number of para-hydroxylation sites is 1. The van der Waals surface area contributed by atoms with Crippen LogP contribution in [0.5, 0.6) is 5.75 Å². The largest absolute Gasteiger partial charge is 0.490 e. The van der Waals surface area contributed by atoms with E-state index < -0.39 is 0 Å². The van der Waals surface area contributed by atoms with E-state index in [0.717, 1.165) is 0 Å². The van der Waals surface area contributed by atoms with Crippen LogP contribution in [0, 0.1) is 5.92 Å². The van der Waals surface area contributed by atoms with Gasteiger partial charge in [0.15, 0.2) is 5.78 Å². The second kappa shape index (κ2) is 7.84. The molecule has 0 radical (unpaired) electrons. The Hall–Kier alpha value is -1.39. The number of hydrogen-bond acceptors (Lipinski definition) is 4. The number of nitrogens with two attached hydrogens (primary N) is 1. The molecule has 0 aromatic heterocycles. The van der Waals surface area contributed by atoms with Crippen molar-refractivity contribution >= 4 is 5.78 Å². The first-order valence-electron chi connectivity index (χ1n) is 6.13. The topological polar surface area (TPSA) is 61.5 Å². The van der Waals surface area contributed by atoms with Crippen LogP contribution in [-0.2, 0) is 4.74 Å². The Labute approximate surface area is 108 Å². The molecule has 0 saturated heterocycles. The molecule has 1 aromatic rings. The Morgan fingerprint density at radius 2 is 2.06 bits per heavy atom. The maximum Gasteiger partial charge on any atom is 0.166 e. The lowest BCUT2D eigenvalue weighted by Crippen LogP contribution is -2.16. The standard InChI is InChI=1S/C14H21NO3/c1-11(10-15)9-13(16)12-5-3-4-6-14(12)18-8-7-17-2/h3-6,11H,7-10,15H2,1-2H3. The molecule has 100 valence electrons. The maximum absolute atomic E-state index is 12.1. The van der Waals surface area contributed by atoms with Crippen LogP contribution in [0.25, 0.3) is 0 Å². The summed E-state index contributed by atoms with van der Waals surface area (Å²) in [7, 11) is 1.61. The Kier molecular flexibility index (Phi) is 6.39. The van der Waals surface area contributed by atoms with E-state index in [1.165, 1.54) is 0 Å². The normalized spacial score (nSPS) is 12.2. The number of rotatable bonds is 8. The summed E-state index contributed by atoms with van der Waals surface area (Å²) in [5.74, 6) is 0.870. The molecule has 0 bridgehead atoms. The van der Waals surface area contributed by atoms with Crippen molar-refractivity contribution < 1.29 is 14.3 Å². The molecule has 1 atom stereocenters. The Morgan fingerprint density at radius 1 is 1.33 bits per heavy atom. The number of carbonyl (C=O) groups excluding carboxylic acids is 1. The molecule has 1 aromatic carbocycles. The average molecular weight is 251 g/mol. The summed E-state index contributed by atoms with van der Waals surface area (Å²) < 4.78 is 10.5. The van der Waals surface area contributed by atoms with Crippen LogP contribution in [-0.4, -0.2) is 32.7 Å². The van der Waals surface area contributed by atoms with E-state index in [1.54, 1.807) is 19.2 Å². The first-order chi connectivity index (χ1) is 8.69. The number of hydrogen-bond donors (Lipinski definition) is 1. The SMILES string of the molecule is COCCOc1ccccc1C(=O)CC(C)CN. The van der Waals surface area contributed by atoms with E-state index in [-0.39, 0.29) is 11.7 Å². The lowest BCUT2D eigenvalue weighted by molar-refractivity contribution is 0.0958. The van der Waals surface area contributed by atoms with Crippen LogP contribution in [0.4, 0.5) is 0 Å². The first-order valence-corrected chi connectivity index (χ1v) is 6.13. The van der Waals surface area contributed by atoms with Crippen LogP contribution in [0.15, 0.2) is 24.3 Å². The van der Waals surface area contributed by atoms with Crippen LogP contribution >= 0.6 is 0 Å². The predicted molar refractivity (Wildman–Crippen MR) is 71.0 cm³/mol. The lowest BCUT2D eigenvalue weighted by Gasteiger charge is -2.12. The fraction of sp³-hybridized carbons (Fsp3) is 0.500. The van der Waals surface area contributed by atoms with Crippen LogP contribution in [0.2, 0.25) is 0 Å². The quantitative estimate of drug-likeness (QED) is 0.566. The Bertz CT molecular complexity index is 379. The summed E-state index contributed by atoms with van der Waals surface area (Å²) in [5.41, 5.74) is 6.15. The molecule has 1 rings (SSSR count). The van der Waals surface area contributed by atoms with E-state index in [1.807, 2.05) is 19.1 Å². The second-order valence-corrected chi connectivity index (χ2v) is 4.31. The minimum atomic E-state index is 0.0703. The summed E-state index contributed by atoms with van der Waals surface area (Å²) in [5, 5.41) is 0. The third-order valence-electron chi connectivity index (χ3n) is 2.67. The van der Waals surface area contributed by atoms with Crippen molar-refractivity contribution in [2.45, 2.75) is 13.3 Å². The van der Waals surface area contributed by atoms with Gasteiger partial charge in [0.05, 0.1) is 12.2 Å². The zero-order valence-corrected chi connectivity index (χ0v) is 11.0. The molecule has 4 heteroatoms. The van der Waals surface area contributed by atoms with Gasteiger partial charge in [0.1, 0.15) is 12.4 Å². The number of Topliss-reactive ketones (excluding diaryl/α,β-unsaturated/α-hetero) is 1. The molecule has 0 saturated carbocycles. The van der Waals surface area contributed by atoms with Crippen molar-refractivity contribution in [3.63, 3.8) is 0 Å². The van der Waals surface area contributed by atoms with Gasteiger partial charge in [-0.15, -0.1) is 0 Å². The van der Waals surface area contributed by atoms with Gasteiger partial charge in [0, 0.05) is 13.5 Å². The fourth-order valence-corrected chi connectivity index (χ4v) is 1.57. The second-order valence-electron chi connectivity index (χ2n) is 4.31. The van der Waals surface area contributed by atoms with Crippen molar-refractivity contribution in [1.29, 1.82) is 0 Å². The third-order valence-corrected chi connectivity index (χ3v) is 2.67. The molecule has 1 unspecified atom stereocenters. The minimum Gasteiger partial charge on any atom is -0.490 e. The van der Waals surface area contributed by atoms with E-state index in [4.69, 9.17) is 15.2 Å². The zero-order valence-electron chi connectivity index (χ0n) is 11.0. The Morgan fingerprint density at radius 3 is 2.72 bits per heavy atom. The summed E-state index contributed by atoms with van der Waals surface area (Å²) in [6.45, 7) is 3.42. The molecule has 18 heavy (non-hydrogen) atoms. The Balaban J connectivity index is 2.71. The monoisotopic (exact) mass is 251 g/mol. The average Bonchev–Trinajstić information content (AvgIpc) is 2.39. The van der Waals surface area contributed by atoms with Gasteiger partial charge in [-0.25, -0.2) is 0 Å². The molecule has 0 aliphatic carbocycles. The van der Waals surface area contributed by atoms with Crippen LogP contribution in [0.1, 0.15) is 23.7 Å². The van der Waals surface area contributed by atoms with Crippen molar-refractivity contribution in [2.75, 3.05) is 26.9 Å². The van der Waals surface area contributed by atoms with Gasteiger partial charge in [-0.3, -0.25) is 4.79 Å². The molecule has 0 aliphatic heterocycles. The maximum atomic E-state index is 12.1. The lowest BCUT2D eigenvalue weighted by atomic mass is 9.99. The van der Waals surface area contributed by atoms with Gasteiger partial charge < -0.3 is 15.2 Å². The van der Waals surface area contributed by atoms with Gasteiger partial charge in [-0.2, -0.15) is 0 Å². The molecular formula is C14H21NO3. The van der Waals surface area contributed by atoms with E-state index in [2.05, 4.69) is 0 Å². The van der Waals surface area contributed by atoms with Crippen LogP contribution in [0.3, 0.4) is 0 Å². The number of carbonyl (C=O) groups is 1. The van der Waals surface area contributed by atoms with Gasteiger partial charge >= 0.3 is 0 Å². The zero-order chi connectivity index (χ0) is 13.4. The highest BCUT2D eigenvalue weighted by atomic mass is 16.5. The number of methoxy groups -OCH3 is 1. The third kappa shape index (κ3) is 4.47.